The van der Waals surface area contributed by atoms with Crippen molar-refractivity contribution in [3.63, 3.8) is 0 Å². The molecule has 0 saturated carbocycles. The zero-order valence-corrected chi connectivity index (χ0v) is 29.5. The summed E-state index contributed by atoms with van der Waals surface area (Å²) in [5, 5.41) is 22.9. The van der Waals surface area contributed by atoms with Gasteiger partial charge in [-0.3, -0.25) is 9.69 Å². The number of nitrogen functional groups attached to an aromatic ring is 1. The molecule has 1 saturated heterocycles. The summed E-state index contributed by atoms with van der Waals surface area (Å²) in [6.07, 6.45) is 7.87. The van der Waals surface area contributed by atoms with Crippen molar-refractivity contribution in [2.75, 3.05) is 26.4 Å². The minimum absolute atomic E-state index is 0.0358. The summed E-state index contributed by atoms with van der Waals surface area (Å²) in [6.45, 7) is 6.79. The molecule has 1 spiro atoms. The molecule has 14 heteroatoms. The molecule has 3 N–H and O–H groups in total. The van der Waals surface area contributed by atoms with E-state index in [0.29, 0.717) is 39.5 Å². The maximum atomic E-state index is 12.5. The zero-order chi connectivity index (χ0) is 34.4. The van der Waals surface area contributed by atoms with Gasteiger partial charge in [0.05, 0.1) is 35.2 Å². The Balaban J connectivity index is 1.29. The Morgan fingerprint density at radius 3 is 2.82 bits per heavy atom. The summed E-state index contributed by atoms with van der Waals surface area (Å²) < 4.78 is 20.3. The van der Waals surface area contributed by atoms with Gasteiger partial charge in [0.15, 0.2) is 23.1 Å². The highest BCUT2D eigenvalue weighted by molar-refractivity contribution is 7.16. The van der Waals surface area contributed by atoms with Crippen LogP contribution < -0.4 is 15.8 Å². The van der Waals surface area contributed by atoms with Crippen molar-refractivity contribution in [3.8, 4) is 29.3 Å². The second kappa shape index (κ2) is 13.2. The van der Waals surface area contributed by atoms with Crippen molar-refractivity contribution in [1.29, 1.82) is 5.26 Å². The van der Waals surface area contributed by atoms with Gasteiger partial charge in [-0.1, -0.05) is 5.16 Å². The number of likely N-dealkylation sites (tertiary alicyclic amines) is 1. The quantitative estimate of drug-likeness (QED) is 0.257. The number of anilines is 1. The minimum atomic E-state index is -0.466. The van der Waals surface area contributed by atoms with Crippen molar-refractivity contribution in [2.24, 2.45) is 0 Å². The number of carbonyl (C=O) groups is 1. The largest absolute Gasteiger partial charge is 0.473 e. The molecule has 4 aromatic heterocycles. The van der Waals surface area contributed by atoms with Gasteiger partial charge >= 0.3 is 0 Å². The van der Waals surface area contributed by atoms with Crippen molar-refractivity contribution in [2.45, 2.75) is 102 Å². The Labute approximate surface area is 289 Å². The molecule has 1 fully saturated rings. The van der Waals surface area contributed by atoms with E-state index >= 15 is 0 Å². The van der Waals surface area contributed by atoms with Gasteiger partial charge in [-0.15, -0.1) is 11.3 Å². The SMILES string of the molecule is CO[C@H]1CCN(C)[C@@H]1[C@H](C)Oc1cc(-n2ccc(CC(=O)NC(C)C)n2)nc(-c2noc3c2CCC[C@@]32CCCc3sc(N)c(C#N)c32)n1. The molecule has 2 aliphatic carbocycles. The summed E-state index contributed by atoms with van der Waals surface area (Å²) >= 11 is 1.52. The fourth-order valence-corrected chi connectivity index (χ4v) is 9.31. The minimum Gasteiger partial charge on any atom is -0.473 e. The van der Waals surface area contributed by atoms with Crippen LogP contribution in [0.4, 0.5) is 5.00 Å². The average molecular weight is 686 g/mol. The summed E-state index contributed by atoms with van der Waals surface area (Å²) in [4.78, 5) is 25.7. The Kier molecular flexibility index (Phi) is 8.93. The van der Waals surface area contributed by atoms with Crippen molar-refractivity contribution >= 4 is 22.2 Å². The molecule has 3 aliphatic rings. The van der Waals surface area contributed by atoms with Crippen LogP contribution in [-0.4, -0.2) is 80.7 Å². The molecule has 7 rings (SSSR count). The number of nitriles is 1. The number of fused-ring (bicyclic) bond motifs is 4. The number of aryl methyl sites for hydroxylation is 1. The van der Waals surface area contributed by atoms with Crippen LogP contribution in [0.25, 0.3) is 17.3 Å². The molecule has 4 aromatic rings. The van der Waals surface area contributed by atoms with Gasteiger partial charge in [0.2, 0.25) is 11.8 Å². The molecule has 0 unspecified atom stereocenters. The number of likely N-dealkylation sites (N-methyl/N-ethyl adjacent to an activating group) is 1. The number of hydrogen-bond acceptors (Lipinski definition) is 12. The predicted molar refractivity (Wildman–Crippen MR) is 184 cm³/mol. The van der Waals surface area contributed by atoms with Crippen LogP contribution in [0.3, 0.4) is 0 Å². The van der Waals surface area contributed by atoms with E-state index in [9.17, 15) is 10.1 Å². The number of nitrogens with two attached hydrogens (primary N) is 1. The number of hydrogen-bond donors (Lipinski definition) is 2. The number of carbonyl (C=O) groups excluding carboxylic acids is 1. The fourth-order valence-electron chi connectivity index (χ4n) is 8.15. The average Bonchev–Trinajstić information content (AvgIpc) is 3.86. The smallest absolute Gasteiger partial charge is 0.226 e. The lowest BCUT2D eigenvalue weighted by molar-refractivity contribution is -0.120. The van der Waals surface area contributed by atoms with Gasteiger partial charge in [0.25, 0.3) is 0 Å². The van der Waals surface area contributed by atoms with Gasteiger partial charge < -0.3 is 25.0 Å². The van der Waals surface area contributed by atoms with Gasteiger partial charge in [-0.2, -0.15) is 15.3 Å². The number of nitrogens with one attached hydrogen (secondary N) is 1. The zero-order valence-electron chi connectivity index (χ0n) is 28.7. The topological polar surface area (TPSA) is 170 Å². The molecule has 1 amide bonds. The predicted octanol–water partition coefficient (Wildman–Crippen LogP) is 4.34. The number of aromatic nitrogens is 5. The molecule has 0 radical (unpaired) electrons. The van der Waals surface area contributed by atoms with Crippen LogP contribution in [0, 0.1) is 11.3 Å². The summed E-state index contributed by atoms with van der Waals surface area (Å²) in [6, 6.07) is 6.03. The van der Waals surface area contributed by atoms with Crippen LogP contribution >= 0.6 is 11.3 Å². The molecule has 4 atom stereocenters. The van der Waals surface area contributed by atoms with E-state index in [0.717, 1.165) is 73.3 Å². The number of rotatable bonds is 9. The molecule has 0 aromatic carbocycles. The molecular formula is C35H43N9O4S. The monoisotopic (exact) mass is 685 g/mol. The van der Waals surface area contributed by atoms with Crippen molar-refractivity contribution in [3.05, 3.63) is 51.4 Å². The first-order valence-electron chi connectivity index (χ1n) is 17.1. The van der Waals surface area contributed by atoms with Crippen LogP contribution in [0.2, 0.25) is 0 Å². The van der Waals surface area contributed by atoms with Gasteiger partial charge in [0, 0.05) is 42.4 Å². The number of thiophene rings is 1. The Morgan fingerprint density at radius 2 is 2.06 bits per heavy atom. The first kappa shape index (κ1) is 33.2. The van der Waals surface area contributed by atoms with Crippen LogP contribution in [0.15, 0.2) is 22.9 Å². The van der Waals surface area contributed by atoms with E-state index in [1.54, 1.807) is 24.1 Å². The molecule has 13 nitrogen and oxygen atoms in total. The molecule has 1 aliphatic heterocycles. The molecule has 0 bridgehead atoms. The standard InChI is InChI=1S/C35H43N9O4S/c1-19(2)38-27(45)16-21-10-15-44(41-21)26-17-28(47-20(3)31-24(46-5)11-14-43(31)4)40-34(39-26)30-22-8-6-12-35(32(22)48-42-30)13-7-9-25-29(35)23(18-36)33(37)49-25/h10,15,17,19-20,24,31H,6-9,11-14,16,37H2,1-5H3,(H,38,45)/t20-,24-,31+,35-/m0/s1. The number of ether oxygens (including phenoxy) is 2. The highest BCUT2D eigenvalue weighted by atomic mass is 32.1. The van der Waals surface area contributed by atoms with Crippen molar-refractivity contribution < 1.29 is 18.8 Å². The first-order chi connectivity index (χ1) is 23.6. The van der Waals surface area contributed by atoms with E-state index in [-0.39, 0.29) is 36.6 Å². The van der Waals surface area contributed by atoms with Gasteiger partial charge in [0.1, 0.15) is 17.2 Å². The molecule has 5 heterocycles. The third kappa shape index (κ3) is 5.98. The van der Waals surface area contributed by atoms with Crippen LogP contribution in [-0.2, 0) is 34.2 Å². The van der Waals surface area contributed by atoms with Crippen LogP contribution in [0.5, 0.6) is 5.88 Å². The Hall–Kier alpha value is -4.32. The third-order valence-corrected chi connectivity index (χ3v) is 11.3. The van der Waals surface area contributed by atoms with E-state index in [1.165, 1.54) is 11.3 Å². The van der Waals surface area contributed by atoms with E-state index < -0.39 is 5.41 Å². The van der Waals surface area contributed by atoms with Gasteiger partial charge in [-0.05, 0) is 84.4 Å². The molecular weight excluding hydrogens is 643 g/mol. The number of methoxy groups -OCH3 is 1. The first-order valence-corrected chi connectivity index (χ1v) is 17.9. The highest BCUT2D eigenvalue weighted by Gasteiger charge is 2.49. The third-order valence-electron chi connectivity index (χ3n) is 10.2. The number of amides is 1. The Bertz CT molecular complexity index is 1900. The summed E-state index contributed by atoms with van der Waals surface area (Å²) in [5.41, 5.74) is 9.59. The van der Waals surface area contributed by atoms with Gasteiger partial charge in [-0.25, -0.2) is 9.67 Å². The van der Waals surface area contributed by atoms with E-state index in [4.69, 9.17) is 29.7 Å². The Morgan fingerprint density at radius 1 is 1.27 bits per heavy atom. The van der Waals surface area contributed by atoms with E-state index in [2.05, 4.69) is 33.6 Å². The number of nitrogens with zero attached hydrogens (tertiary/aromatic N) is 7. The maximum Gasteiger partial charge on any atom is 0.226 e. The second-order valence-corrected chi connectivity index (χ2v) is 14.9. The van der Waals surface area contributed by atoms with E-state index in [1.807, 2.05) is 26.8 Å². The summed E-state index contributed by atoms with van der Waals surface area (Å²) in [7, 11) is 3.81. The summed E-state index contributed by atoms with van der Waals surface area (Å²) in [5.74, 6) is 1.89. The second-order valence-electron chi connectivity index (χ2n) is 13.8. The molecule has 258 valence electrons. The highest BCUT2D eigenvalue weighted by Crippen LogP contribution is 2.55. The lowest BCUT2D eigenvalue weighted by Crippen LogP contribution is -2.44. The van der Waals surface area contributed by atoms with Crippen molar-refractivity contribution in [1.82, 2.24) is 35.1 Å². The lowest BCUT2D eigenvalue weighted by Gasteiger charge is -2.39. The molecule has 49 heavy (non-hydrogen) atoms. The van der Waals surface area contributed by atoms with Crippen LogP contribution in [0.1, 0.15) is 85.9 Å². The maximum absolute atomic E-state index is 12.5. The fraction of sp³-hybridized carbons (Fsp3) is 0.543. The lowest BCUT2D eigenvalue weighted by atomic mass is 9.63. The normalized spacial score (nSPS) is 22.6.